The molecule has 2 rings (SSSR count). The predicted molar refractivity (Wildman–Crippen MR) is 58.8 cm³/mol. The first-order valence-corrected chi connectivity index (χ1v) is 4.70. The number of aromatic amines is 1. The minimum atomic E-state index is 0.591. The highest BCUT2D eigenvalue weighted by Crippen LogP contribution is 2.15. The third kappa shape index (κ3) is 2.28. The molecule has 1 aromatic carbocycles. The van der Waals surface area contributed by atoms with Crippen LogP contribution in [0, 0.1) is 0 Å². The Morgan fingerprint density at radius 1 is 1.40 bits per heavy atom. The van der Waals surface area contributed by atoms with E-state index in [1.165, 1.54) is 0 Å². The fourth-order valence-corrected chi connectivity index (χ4v) is 1.46. The molecule has 0 atom stereocenters. The molecule has 0 saturated heterocycles. The fourth-order valence-electron chi connectivity index (χ4n) is 1.46. The van der Waals surface area contributed by atoms with Crippen molar-refractivity contribution in [2.75, 3.05) is 12.8 Å². The zero-order chi connectivity index (χ0) is 10.7. The Labute approximate surface area is 88.1 Å². The van der Waals surface area contributed by atoms with E-state index in [2.05, 4.69) is 10.2 Å². The van der Waals surface area contributed by atoms with Gasteiger partial charge in [0.2, 0.25) is 0 Å². The molecule has 2 aromatic rings. The van der Waals surface area contributed by atoms with Crippen molar-refractivity contribution in [3.63, 3.8) is 0 Å². The predicted octanol–water partition coefficient (Wildman–Crippen LogP) is 1.59. The summed E-state index contributed by atoms with van der Waals surface area (Å²) in [6.07, 6.45) is 0.755. The molecule has 0 aliphatic heterocycles. The van der Waals surface area contributed by atoms with Gasteiger partial charge in [-0.2, -0.15) is 5.10 Å². The second-order valence-corrected chi connectivity index (χ2v) is 3.34. The van der Waals surface area contributed by atoms with Gasteiger partial charge in [-0.1, -0.05) is 12.1 Å². The molecule has 0 aliphatic carbocycles. The topological polar surface area (TPSA) is 63.9 Å². The van der Waals surface area contributed by atoms with Crippen LogP contribution in [0.15, 0.2) is 30.3 Å². The van der Waals surface area contributed by atoms with Crippen LogP contribution in [0.1, 0.15) is 11.3 Å². The van der Waals surface area contributed by atoms with Crippen molar-refractivity contribution in [1.82, 2.24) is 10.2 Å². The lowest BCUT2D eigenvalue weighted by Crippen LogP contribution is -1.90. The maximum absolute atomic E-state index is 5.55. The zero-order valence-electron chi connectivity index (χ0n) is 8.53. The van der Waals surface area contributed by atoms with Crippen LogP contribution in [-0.4, -0.2) is 17.3 Å². The number of nitrogens with two attached hydrogens (primary N) is 1. The van der Waals surface area contributed by atoms with Crippen molar-refractivity contribution in [3.05, 3.63) is 41.6 Å². The highest BCUT2D eigenvalue weighted by atomic mass is 16.5. The molecule has 0 unspecified atom stereocenters. The number of anilines is 1. The molecule has 15 heavy (non-hydrogen) atoms. The number of nitrogens with zero attached hydrogens (tertiary/aromatic N) is 1. The van der Waals surface area contributed by atoms with E-state index in [4.69, 9.17) is 10.5 Å². The van der Waals surface area contributed by atoms with E-state index in [0.29, 0.717) is 5.82 Å². The quantitative estimate of drug-likeness (QED) is 0.796. The van der Waals surface area contributed by atoms with Crippen LogP contribution in [0.4, 0.5) is 5.82 Å². The van der Waals surface area contributed by atoms with Crippen molar-refractivity contribution >= 4 is 5.82 Å². The number of benzene rings is 1. The first-order valence-electron chi connectivity index (χ1n) is 4.70. The molecule has 0 bridgehead atoms. The van der Waals surface area contributed by atoms with Crippen molar-refractivity contribution < 1.29 is 4.74 Å². The number of methoxy groups -OCH3 is 1. The standard InChI is InChI=1S/C11H13N3O/c1-15-10-4-2-3-8(6-10)5-9-7-11(12)14-13-9/h2-4,6-7H,5H2,1H3,(H3,12,13,14). The maximum atomic E-state index is 5.55. The smallest absolute Gasteiger partial charge is 0.119 e. The molecule has 78 valence electrons. The Bertz CT molecular complexity index is 451. The van der Waals surface area contributed by atoms with Crippen LogP contribution in [0.25, 0.3) is 0 Å². The van der Waals surface area contributed by atoms with Crippen molar-refractivity contribution in [3.8, 4) is 5.75 Å². The normalized spacial score (nSPS) is 10.2. The molecule has 0 amide bonds. The van der Waals surface area contributed by atoms with Crippen LogP contribution >= 0.6 is 0 Å². The van der Waals surface area contributed by atoms with Gasteiger partial charge < -0.3 is 10.5 Å². The maximum Gasteiger partial charge on any atom is 0.119 e. The average molecular weight is 203 g/mol. The van der Waals surface area contributed by atoms with Gasteiger partial charge in [-0.05, 0) is 17.7 Å². The molecule has 0 aliphatic rings. The third-order valence-electron chi connectivity index (χ3n) is 2.17. The van der Waals surface area contributed by atoms with E-state index in [1.807, 2.05) is 30.3 Å². The monoisotopic (exact) mass is 203 g/mol. The molecule has 1 aromatic heterocycles. The largest absolute Gasteiger partial charge is 0.497 e. The van der Waals surface area contributed by atoms with Gasteiger partial charge in [0.15, 0.2) is 0 Å². The molecular weight excluding hydrogens is 190 g/mol. The third-order valence-corrected chi connectivity index (χ3v) is 2.17. The Hall–Kier alpha value is -1.97. The van der Waals surface area contributed by atoms with Crippen LogP contribution in [0.5, 0.6) is 5.75 Å². The lowest BCUT2D eigenvalue weighted by molar-refractivity contribution is 0.414. The van der Waals surface area contributed by atoms with Crippen LogP contribution in [-0.2, 0) is 6.42 Å². The minimum Gasteiger partial charge on any atom is -0.497 e. The van der Waals surface area contributed by atoms with E-state index in [-0.39, 0.29) is 0 Å². The average Bonchev–Trinajstić information content (AvgIpc) is 2.64. The van der Waals surface area contributed by atoms with E-state index in [9.17, 15) is 0 Å². The lowest BCUT2D eigenvalue weighted by atomic mass is 10.1. The molecular formula is C11H13N3O. The van der Waals surface area contributed by atoms with Gasteiger partial charge in [0.25, 0.3) is 0 Å². The molecule has 3 N–H and O–H groups in total. The first kappa shape index (κ1) is 9.58. The SMILES string of the molecule is COc1cccc(Cc2cc(N)[nH]n2)c1. The Morgan fingerprint density at radius 3 is 2.93 bits per heavy atom. The molecule has 4 heteroatoms. The Morgan fingerprint density at radius 2 is 2.27 bits per heavy atom. The summed E-state index contributed by atoms with van der Waals surface area (Å²) < 4.78 is 5.14. The van der Waals surface area contributed by atoms with Crippen molar-refractivity contribution in [2.45, 2.75) is 6.42 Å². The molecule has 0 saturated carbocycles. The van der Waals surface area contributed by atoms with E-state index in [1.54, 1.807) is 7.11 Å². The molecule has 0 spiro atoms. The van der Waals surface area contributed by atoms with E-state index < -0.39 is 0 Å². The van der Waals surface area contributed by atoms with Gasteiger partial charge in [0.05, 0.1) is 12.8 Å². The minimum absolute atomic E-state index is 0.591. The number of nitrogens with one attached hydrogen (secondary N) is 1. The number of hydrogen-bond donors (Lipinski definition) is 2. The van der Waals surface area contributed by atoms with Gasteiger partial charge in [-0.25, -0.2) is 0 Å². The summed E-state index contributed by atoms with van der Waals surface area (Å²) in [5, 5.41) is 6.79. The van der Waals surface area contributed by atoms with E-state index >= 15 is 0 Å². The van der Waals surface area contributed by atoms with Gasteiger partial charge in [0, 0.05) is 12.5 Å². The second-order valence-electron chi connectivity index (χ2n) is 3.34. The lowest BCUT2D eigenvalue weighted by Gasteiger charge is -2.02. The highest BCUT2D eigenvalue weighted by molar-refractivity contribution is 5.34. The Kier molecular flexibility index (Phi) is 2.58. The van der Waals surface area contributed by atoms with Crippen molar-refractivity contribution in [1.29, 1.82) is 0 Å². The van der Waals surface area contributed by atoms with Crippen LogP contribution in [0.3, 0.4) is 0 Å². The summed E-state index contributed by atoms with van der Waals surface area (Å²) >= 11 is 0. The zero-order valence-corrected chi connectivity index (χ0v) is 8.53. The number of aromatic nitrogens is 2. The Balaban J connectivity index is 2.16. The first-order chi connectivity index (χ1) is 7.28. The summed E-state index contributed by atoms with van der Waals surface area (Å²) in [5.74, 6) is 1.45. The molecule has 0 fully saturated rings. The summed E-state index contributed by atoms with van der Waals surface area (Å²) in [6.45, 7) is 0. The van der Waals surface area contributed by atoms with Gasteiger partial charge >= 0.3 is 0 Å². The summed E-state index contributed by atoms with van der Waals surface area (Å²) in [5.41, 5.74) is 7.63. The highest BCUT2D eigenvalue weighted by Gasteiger charge is 2.01. The molecule has 0 radical (unpaired) electrons. The van der Waals surface area contributed by atoms with Crippen LogP contribution < -0.4 is 10.5 Å². The van der Waals surface area contributed by atoms with Gasteiger partial charge in [-0.15, -0.1) is 0 Å². The number of H-pyrrole nitrogens is 1. The van der Waals surface area contributed by atoms with E-state index in [0.717, 1.165) is 23.4 Å². The summed E-state index contributed by atoms with van der Waals surface area (Å²) in [6, 6.07) is 9.74. The van der Waals surface area contributed by atoms with Crippen molar-refractivity contribution in [2.24, 2.45) is 0 Å². The summed E-state index contributed by atoms with van der Waals surface area (Å²) in [4.78, 5) is 0. The molecule has 1 heterocycles. The fraction of sp³-hybridized carbons (Fsp3) is 0.182. The second kappa shape index (κ2) is 4.04. The van der Waals surface area contributed by atoms with Gasteiger partial charge in [0.1, 0.15) is 11.6 Å². The number of nitrogen functional groups attached to an aromatic ring is 1. The number of ether oxygens (including phenoxy) is 1. The number of hydrogen-bond acceptors (Lipinski definition) is 3. The van der Waals surface area contributed by atoms with Gasteiger partial charge in [-0.3, -0.25) is 5.10 Å². The molecule has 4 nitrogen and oxygen atoms in total. The van der Waals surface area contributed by atoms with Crippen LogP contribution in [0.2, 0.25) is 0 Å². The number of rotatable bonds is 3. The summed E-state index contributed by atoms with van der Waals surface area (Å²) in [7, 11) is 1.66.